The number of unbranched alkanes of at least 4 members (excludes halogenated alkanes) is 6. The van der Waals surface area contributed by atoms with Crippen molar-refractivity contribution in [1.82, 2.24) is 5.32 Å². The molecule has 1 nitrogen and oxygen atoms in total. The van der Waals surface area contributed by atoms with Gasteiger partial charge in [0.05, 0.1) is 0 Å². The van der Waals surface area contributed by atoms with Gasteiger partial charge in [-0.2, -0.15) is 0 Å². The van der Waals surface area contributed by atoms with Gasteiger partial charge in [0.15, 0.2) is 0 Å². The van der Waals surface area contributed by atoms with E-state index in [-0.39, 0.29) is 0 Å². The van der Waals surface area contributed by atoms with Gasteiger partial charge in [0.2, 0.25) is 0 Å². The Kier molecular flexibility index (Phi) is 23.3. The Hall–Kier alpha value is -0.0400. The van der Waals surface area contributed by atoms with E-state index in [4.69, 9.17) is 0 Å². The molecule has 0 bridgehead atoms. The Morgan fingerprint density at radius 2 is 0.938 bits per heavy atom. The van der Waals surface area contributed by atoms with E-state index in [1.54, 1.807) is 0 Å². The fourth-order valence-corrected chi connectivity index (χ4v) is 1.48. The van der Waals surface area contributed by atoms with E-state index in [1.165, 1.54) is 70.9 Å². The molecule has 0 heterocycles. The van der Waals surface area contributed by atoms with Crippen molar-refractivity contribution in [3.05, 3.63) is 0 Å². The van der Waals surface area contributed by atoms with Crippen molar-refractivity contribution < 1.29 is 0 Å². The van der Waals surface area contributed by atoms with Gasteiger partial charge in [-0.25, -0.2) is 0 Å². The lowest BCUT2D eigenvalue weighted by Crippen LogP contribution is -2.16. The molecule has 16 heavy (non-hydrogen) atoms. The summed E-state index contributed by atoms with van der Waals surface area (Å²) in [5.74, 6) is 0. The largest absolute Gasteiger partial charge is 0.317 e. The van der Waals surface area contributed by atoms with Crippen molar-refractivity contribution in [1.29, 1.82) is 0 Å². The predicted octanol–water partition coefficient (Wildman–Crippen LogP) is 5.15. The lowest BCUT2D eigenvalue weighted by atomic mass is 10.1. The van der Waals surface area contributed by atoms with Crippen molar-refractivity contribution in [3.8, 4) is 0 Å². The highest BCUT2D eigenvalue weighted by Gasteiger charge is 1.89. The van der Waals surface area contributed by atoms with Crippen LogP contribution in [0.1, 0.15) is 85.5 Å². The molecule has 0 rings (SSSR count). The maximum Gasteiger partial charge on any atom is -0.00489 e. The van der Waals surface area contributed by atoms with Gasteiger partial charge in [0, 0.05) is 0 Å². The van der Waals surface area contributed by atoms with Crippen molar-refractivity contribution in [2.45, 2.75) is 85.5 Å². The SMILES string of the molecule is CCC.CCCCCCCNCCCCC. The zero-order valence-electron chi connectivity index (χ0n) is 12.3. The molecule has 0 spiro atoms. The summed E-state index contributed by atoms with van der Waals surface area (Å²) >= 11 is 0. The van der Waals surface area contributed by atoms with Gasteiger partial charge in [0.1, 0.15) is 0 Å². The average molecular weight is 229 g/mol. The molecule has 0 atom stereocenters. The molecule has 100 valence electrons. The minimum Gasteiger partial charge on any atom is -0.317 e. The van der Waals surface area contributed by atoms with Crippen LogP contribution in [0.15, 0.2) is 0 Å². The van der Waals surface area contributed by atoms with Crippen LogP contribution in [0.3, 0.4) is 0 Å². The summed E-state index contributed by atoms with van der Waals surface area (Å²) in [6.07, 6.45) is 12.3. The number of nitrogens with one attached hydrogen (secondary N) is 1. The second-order valence-electron chi connectivity index (χ2n) is 4.58. The van der Waals surface area contributed by atoms with Gasteiger partial charge in [-0.15, -0.1) is 0 Å². The minimum atomic E-state index is 1.22. The van der Waals surface area contributed by atoms with Crippen LogP contribution in [-0.4, -0.2) is 13.1 Å². The van der Waals surface area contributed by atoms with Crippen molar-refractivity contribution in [3.63, 3.8) is 0 Å². The van der Waals surface area contributed by atoms with Gasteiger partial charge in [-0.05, 0) is 25.9 Å². The molecule has 0 aromatic rings. The Labute approximate surface area is 104 Å². The predicted molar refractivity (Wildman–Crippen MR) is 77.1 cm³/mol. The fourth-order valence-electron chi connectivity index (χ4n) is 1.48. The molecular weight excluding hydrogens is 194 g/mol. The number of hydrogen-bond donors (Lipinski definition) is 1. The van der Waals surface area contributed by atoms with Gasteiger partial charge in [0.25, 0.3) is 0 Å². The Balaban J connectivity index is 0. The first-order valence-corrected chi connectivity index (χ1v) is 7.54. The average Bonchev–Trinajstić information content (AvgIpc) is 2.28. The summed E-state index contributed by atoms with van der Waals surface area (Å²) in [6, 6.07) is 0. The van der Waals surface area contributed by atoms with E-state index in [2.05, 4.69) is 33.0 Å². The molecule has 0 aromatic heterocycles. The number of rotatable bonds is 10. The smallest absolute Gasteiger partial charge is 0.00489 e. The van der Waals surface area contributed by atoms with Crippen molar-refractivity contribution in [2.75, 3.05) is 13.1 Å². The quantitative estimate of drug-likeness (QED) is 0.511. The molecule has 0 fully saturated rings. The third-order valence-electron chi connectivity index (χ3n) is 2.41. The van der Waals surface area contributed by atoms with Crippen LogP contribution in [0.25, 0.3) is 0 Å². The Bertz CT molecular complexity index is 81.4. The molecule has 0 unspecified atom stereocenters. The fraction of sp³-hybridized carbons (Fsp3) is 1.00. The topological polar surface area (TPSA) is 12.0 Å². The highest BCUT2D eigenvalue weighted by Crippen LogP contribution is 2.01. The molecule has 0 aliphatic rings. The van der Waals surface area contributed by atoms with Crippen LogP contribution in [0, 0.1) is 0 Å². The van der Waals surface area contributed by atoms with E-state index in [0.29, 0.717) is 0 Å². The molecule has 0 aliphatic heterocycles. The Morgan fingerprint density at radius 1 is 0.562 bits per heavy atom. The van der Waals surface area contributed by atoms with Crippen LogP contribution >= 0.6 is 0 Å². The van der Waals surface area contributed by atoms with Crippen LogP contribution < -0.4 is 5.32 Å². The van der Waals surface area contributed by atoms with Crippen LogP contribution in [0.2, 0.25) is 0 Å². The highest BCUT2D eigenvalue weighted by atomic mass is 14.8. The first-order valence-electron chi connectivity index (χ1n) is 7.54. The molecular formula is C15H35N. The summed E-state index contributed by atoms with van der Waals surface area (Å²) in [4.78, 5) is 0. The normalized spacial score (nSPS) is 9.75. The second-order valence-corrected chi connectivity index (χ2v) is 4.58. The van der Waals surface area contributed by atoms with Crippen LogP contribution in [-0.2, 0) is 0 Å². The highest BCUT2D eigenvalue weighted by molar-refractivity contribution is 4.49. The standard InChI is InChI=1S/C12H27N.C3H8/c1-3-5-7-8-10-12-13-11-9-6-4-2;1-3-2/h13H,3-12H2,1-2H3;3H2,1-2H3. The third-order valence-corrected chi connectivity index (χ3v) is 2.41. The monoisotopic (exact) mass is 229 g/mol. The maximum absolute atomic E-state index is 3.50. The lowest BCUT2D eigenvalue weighted by molar-refractivity contribution is 0.564. The van der Waals surface area contributed by atoms with E-state index in [9.17, 15) is 0 Å². The summed E-state index contributed by atoms with van der Waals surface area (Å²) < 4.78 is 0. The van der Waals surface area contributed by atoms with Gasteiger partial charge in [-0.1, -0.05) is 72.6 Å². The third kappa shape index (κ3) is 23.6. The molecule has 0 saturated carbocycles. The minimum absolute atomic E-state index is 1.22. The lowest BCUT2D eigenvalue weighted by Gasteiger charge is -2.03. The molecule has 0 radical (unpaired) electrons. The molecule has 0 aromatic carbocycles. The van der Waals surface area contributed by atoms with Crippen LogP contribution in [0.4, 0.5) is 0 Å². The van der Waals surface area contributed by atoms with E-state index in [0.717, 1.165) is 0 Å². The Morgan fingerprint density at radius 3 is 1.44 bits per heavy atom. The summed E-state index contributed by atoms with van der Waals surface area (Å²) in [7, 11) is 0. The van der Waals surface area contributed by atoms with Gasteiger partial charge in [-0.3, -0.25) is 0 Å². The van der Waals surface area contributed by atoms with Crippen molar-refractivity contribution >= 4 is 0 Å². The second kappa shape index (κ2) is 20.4. The molecule has 0 amide bonds. The van der Waals surface area contributed by atoms with Crippen molar-refractivity contribution in [2.24, 2.45) is 0 Å². The van der Waals surface area contributed by atoms with E-state index < -0.39 is 0 Å². The first kappa shape index (κ1) is 18.3. The van der Waals surface area contributed by atoms with Gasteiger partial charge >= 0.3 is 0 Å². The molecule has 0 saturated heterocycles. The number of hydrogen-bond acceptors (Lipinski definition) is 1. The van der Waals surface area contributed by atoms with E-state index in [1.807, 2.05) is 0 Å². The molecule has 0 aliphatic carbocycles. The maximum atomic E-state index is 3.50. The summed E-state index contributed by atoms with van der Waals surface area (Å²) in [5.41, 5.74) is 0. The zero-order valence-corrected chi connectivity index (χ0v) is 12.3. The van der Waals surface area contributed by atoms with Gasteiger partial charge < -0.3 is 5.32 Å². The van der Waals surface area contributed by atoms with Crippen LogP contribution in [0.5, 0.6) is 0 Å². The molecule has 1 heteroatoms. The van der Waals surface area contributed by atoms with E-state index >= 15 is 0 Å². The zero-order chi connectivity index (χ0) is 12.5. The summed E-state index contributed by atoms with van der Waals surface area (Å²) in [5, 5.41) is 3.50. The summed E-state index contributed by atoms with van der Waals surface area (Å²) in [6.45, 7) is 11.2. The molecule has 1 N–H and O–H groups in total. The first-order chi connectivity index (χ1) is 7.83.